The lowest BCUT2D eigenvalue weighted by atomic mass is 10.3. The van der Waals surface area contributed by atoms with Gasteiger partial charge in [-0.2, -0.15) is 0 Å². The molecule has 0 spiro atoms. The fraction of sp³-hybridized carbons (Fsp3) is 0.0769. The van der Waals surface area contributed by atoms with Gasteiger partial charge in [-0.1, -0.05) is 0 Å². The Hall–Kier alpha value is -1.92. The zero-order valence-corrected chi connectivity index (χ0v) is 11.7. The van der Waals surface area contributed by atoms with Crippen LogP contribution in [0.1, 0.15) is 9.67 Å². The Balaban J connectivity index is 1.78. The molecule has 0 bridgehead atoms. The molecule has 0 saturated heterocycles. The summed E-state index contributed by atoms with van der Waals surface area (Å²) in [5.41, 5.74) is 3.41. The first-order valence-corrected chi connectivity index (χ1v) is 7.24. The number of rotatable bonds is 3. The van der Waals surface area contributed by atoms with E-state index < -0.39 is 0 Å². The van der Waals surface area contributed by atoms with Crippen molar-refractivity contribution in [1.29, 1.82) is 0 Å². The molecule has 0 saturated carbocycles. The Morgan fingerprint density at radius 1 is 1.32 bits per heavy atom. The normalized spacial score (nSPS) is 10.6. The molecule has 0 unspecified atom stereocenters. The Morgan fingerprint density at radius 3 is 2.79 bits per heavy atom. The van der Waals surface area contributed by atoms with Crippen LogP contribution in [0, 0.1) is 0 Å². The zero-order valence-electron chi connectivity index (χ0n) is 10.0. The summed E-state index contributed by atoms with van der Waals surface area (Å²) in [5, 5.41) is 2.85. The summed E-state index contributed by atoms with van der Waals surface area (Å²) >= 11 is 3.01. The molecule has 0 fully saturated rings. The van der Waals surface area contributed by atoms with E-state index in [1.807, 2.05) is 30.3 Å². The minimum absolute atomic E-state index is 0.111. The average molecular weight is 290 g/mol. The molecule has 0 aliphatic heterocycles. The Kier molecular flexibility index (Phi) is 3.18. The van der Waals surface area contributed by atoms with Crippen molar-refractivity contribution in [2.45, 2.75) is 0 Å². The number of ether oxygens (including phenoxy) is 1. The van der Waals surface area contributed by atoms with Crippen LogP contribution in [0.25, 0.3) is 9.53 Å². The molecule has 19 heavy (non-hydrogen) atoms. The lowest BCUT2D eigenvalue weighted by Gasteiger charge is -2.04. The number of methoxy groups -OCH3 is 1. The van der Waals surface area contributed by atoms with E-state index in [2.05, 4.69) is 10.3 Å². The highest BCUT2D eigenvalue weighted by Crippen LogP contribution is 2.28. The van der Waals surface area contributed by atoms with Crippen molar-refractivity contribution in [3.05, 3.63) is 40.7 Å². The van der Waals surface area contributed by atoms with E-state index in [-0.39, 0.29) is 5.91 Å². The number of carbonyl (C=O) groups is 1. The Labute approximate surface area is 117 Å². The molecule has 3 rings (SSSR count). The smallest absolute Gasteiger partial charge is 0.265 e. The molecular formula is C13H10N2O2S2. The van der Waals surface area contributed by atoms with Crippen LogP contribution in [0.4, 0.5) is 5.69 Å². The van der Waals surface area contributed by atoms with Gasteiger partial charge in [-0.05, 0) is 30.3 Å². The molecular weight excluding hydrogens is 280 g/mol. The van der Waals surface area contributed by atoms with Crippen LogP contribution in [0.5, 0.6) is 5.75 Å². The second-order valence-electron chi connectivity index (χ2n) is 3.82. The number of fused-ring (bicyclic) bond motifs is 1. The van der Waals surface area contributed by atoms with Gasteiger partial charge in [0.05, 0.1) is 23.0 Å². The first-order chi connectivity index (χ1) is 9.26. The van der Waals surface area contributed by atoms with Gasteiger partial charge in [-0.15, -0.1) is 22.7 Å². The predicted molar refractivity (Wildman–Crippen MR) is 78.4 cm³/mol. The van der Waals surface area contributed by atoms with Gasteiger partial charge in [-0.3, -0.25) is 4.79 Å². The molecule has 96 valence electrons. The maximum absolute atomic E-state index is 12.1. The molecule has 4 nitrogen and oxygen atoms in total. The number of thiazole rings is 1. The van der Waals surface area contributed by atoms with E-state index in [1.165, 1.54) is 11.3 Å². The van der Waals surface area contributed by atoms with Gasteiger partial charge in [-0.25, -0.2) is 4.98 Å². The number of thiophene rings is 1. The summed E-state index contributed by atoms with van der Waals surface area (Å²) in [6.45, 7) is 0. The molecule has 0 aliphatic rings. The van der Waals surface area contributed by atoms with Gasteiger partial charge in [0, 0.05) is 5.69 Å². The SMILES string of the molecule is COc1ccc(NC(=O)c2cc3ncsc3s2)cc1. The fourth-order valence-corrected chi connectivity index (χ4v) is 3.46. The number of nitrogens with zero attached hydrogens (tertiary/aromatic N) is 1. The van der Waals surface area contributed by atoms with E-state index in [1.54, 1.807) is 24.0 Å². The highest BCUT2D eigenvalue weighted by molar-refractivity contribution is 7.38. The van der Waals surface area contributed by atoms with Crippen LogP contribution in [0.15, 0.2) is 35.8 Å². The molecule has 1 amide bonds. The van der Waals surface area contributed by atoms with Gasteiger partial charge in [0.1, 0.15) is 9.76 Å². The van der Waals surface area contributed by atoms with Crippen molar-refractivity contribution in [2.24, 2.45) is 0 Å². The van der Waals surface area contributed by atoms with Crippen LogP contribution in [0.2, 0.25) is 0 Å². The van der Waals surface area contributed by atoms with Crippen molar-refractivity contribution >= 4 is 43.8 Å². The summed E-state index contributed by atoms with van der Waals surface area (Å²) in [4.78, 5) is 16.9. The second-order valence-corrected chi connectivity index (χ2v) is 5.98. The standard InChI is InChI=1S/C13H10N2O2S2/c1-17-9-4-2-8(3-5-9)15-12(16)11-6-10-13(19-11)18-7-14-10/h2-7H,1H3,(H,15,16). The quantitative estimate of drug-likeness (QED) is 0.801. The van der Waals surface area contributed by atoms with E-state index in [4.69, 9.17) is 4.74 Å². The lowest BCUT2D eigenvalue weighted by molar-refractivity contribution is 0.103. The second kappa shape index (κ2) is 4.99. The van der Waals surface area contributed by atoms with E-state index >= 15 is 0 Å². The van der Waals surface area contributed by atoms with E-state index in [0.717, 1.165) is 21.0 Å². The minimum atomic E-state index is -0.111. The largest absolute Gasteiger partial charge is 0.497 e. The Bertz CT molecular complexity index is 687. The topological polar surface area (TPSA) is 51.2 Å². The molecule has 6 heteroatoms. The van der Waals surface area contributed by atoms with Gasteiger partial charge in [0.15, 0.2) is 0 Å². The minimum Gasteiger partial charge on any atom is -0.497 e. The summed E-state index contributed by atoms with van der Waals surface area (Å²) in [5.74, 6) is 0.652. The third kappa shape index (κ3) is 2.45. The third-order valence-corrected chi connectivity index (χ3v) is 4.69. The van der Waals surface area contributed by atoms with E-state index in [0.29, 0.717) is 4.88 Å². The first-order valence-electron chi connectivity index (χ1n) is 5.55. The van der Waals surface area contributed by atoms with Gasteiger partial charge < -0.3 is 10.1 Å². The van der Waals surface area contributed by atoms with E-state index in [9.17, 15) is 4.79 Å². The highest BCUT2D eigenvalue weighted by Gasteiger charge is 2.11. The molecule has 0 aliphatic carbocycles. The zero-order chi connectivity index (χ0) is 13.2. The third-order valence-electron chi connectivity index (χ3n) is 2.60. The van der Waals surface area contributed by atoms with Crippen LogP contribution < -0.4 is 10.1 Å². The molecule has 3 aromatic rings. The fourth-order valence-electron chi connectivity index (χ4n) is 1.65. The number of benzene rings is 1. The number of nitrogens with one attached hydrogen (secondary N) is 1. The molecule has 1 aromatic carbocycles. The van der Waals surface area contributed by atoms with Crippen LogP contribution in [-0.2, 0) is 0 Å². The van der Waals surface area contributed by atoms with Gasteiger partial charge in [0.25, 0.3) is 5.91 Å². The van der Waals surface area contributed by atoms with Crippen molar-refractivity contribution in [3.8, 4) is 5.75 Å². The predicted octanol–water partition coefficient (Wildman–Crippen LogP) is 3.62. The van der Waals surface area contributed by atoms with Crippen LogP contribution in [0.3, 0.4) is 0 Å². The highest BCUT2D eigenvalue weighted by atomic mass is 32.2. The van der Waals surface area contributed by atoms with Crippen LogP contribution >= 0.6 is 22.7 Å². The summed E-state index contributed by atoms with van der Waals surface area (Å²) in [6.07, 6.45) is 0. The Morgan fingerprint density at radius 2 is 2.11 bits per heavy atom. The summed E-state index contributed by atoms with van der Waals surface area (Å²) in [7, 11) is 1.61. The maximum Gasteiger partial charge on any atom is 0.265 e. The molecule has 2 aromatic heterocycles. The lowest BCUT2D eigenvalue weighted by Crippen LogP contribution is -2.09. The van der Waals surface area contributed by atoms with Gasteiger partial charge in [0.2, 0.25) is 0 Å². The monoisotopic (exact) mass is 290 g/mol. The average Bonchev–Trinajstić information content (AvgIpc) is 3.00. The molecule has 2 heterocycles. The first kappa shape index (κ1) is 12.1. The van der Waals surface area contributed by atoms with Crippen molar-refractivity contribution in [2.75, 3.05) is 12.4 Å². The molecule has 0 radical (unpaired) electrons. The van der Waals surface area contributed by atoms with Crippen molar-refractivity contribution in [1.82, 2.24) is 4.98 Å². The van der Waals surface area contributed by atoms with Crippen LogP contribution in [-0.4, -0.2) is 18.0 Å². The number of carbonyl (C=O) groups excluding carboxylic acids is 1. The van der Waals surface area contributed by atoms with Crippen molar-refractivity contribution < 1.29 is 9.53 Å². The van der Waals surface area contributed by atoms with Crippen molar-refractivity contribution in [3.63, 3.8) is 0 Å². The summed E-state index contributed by atoms with van der Waals surface area (Å²) < 4.78 is 6.14. The number of hydrogen-bond acceptors (Lipinski definition) is 5. The number of hydrogen-bond donors (Lipinski definition) is 1. The molecule has 1 N–H and O–H groups in total. The number of anilines is 1. The summed E-state index contributed by atoms with van der Waals surface area (Å²) in [6, 6.07) is 9.06. The number of aromatic nitrogens is 1. The molecule has 0 atom stereocenters. The number of amides is 1. The van der Waals surface area contributed by atoms with Gasteiger partial charge >= 0.3 is 0 Å². The maximum atomic E-state index is 12.1.